The Labute approximate surface area is 151 Å². The molecule has 0 aromatic heterocycles. The van der Waals surface area contributed by atoms with E-state index in [4.69, 9.17) is 4.74 Å². The van der Waals surface area contributed by atoms with Crippen LogP contribution in [0.5, 0.6) is 0 Å². The summed E-state index contributed by atoms with van der Waals surface area (Å²) in [5.41, 5.74) is 4.94. The predicted molar refractivity (Wildman–Crippen MR) is 101 cm³/mol. The molecular formula is C18H20N4O4. The highest BCUT2D eigenvalue weighted by molar-refractivity contribution is 6.43. The van der Waals surface area contributed by atoms with Gasteiger partial charge >= 0.3 is 5.97 Å². The Bertz CT molecular complexity index is 799. The SMILES string of the molecule is CCOC(=O)/C(=N/Nc1ccc([N+](=O)[O-])cc1)c1ccc(N(C)C)cc1. The number of carbonyl (C=O) groups is 1. The summed E-state index contributed by atoms with van der Waals surface area (Å²) in [5, 5.41) is 14.8. The van der Waals surface area contributed by atoms with E-state index in [2.05, 4.69) is 10.5 Å². The lowest BCUT2D eigenvalue weighted by Gasteiger charge is -2.13. The molecule has 136 valence electrons. The minimum absolute atomic E-state index is 0.0237. The molecule has 26 heavy (non-hydrogen) atoms. The summed E-state index contributed by atoms with van der Waals surface area (Å²) in [6.07, 6.45) is 0. The Morgan fingerprint density at radius 2 is 1.77 bits per heavy atom. The molecule has 2 rings (SSSR count). The van der Waals surface area contributed by atoms with Gasteiger partial charge in [-0.15, -0.1) is 0 Å². The average Bonchev–Trinajstić information content (AvgIpc) is 2.63. The van der Waals surface area contributed by atoms with Crippen LogP contribution in [-0.2, 0) is 9.53 Å². The van der Waals surface area contributed by atoms with Crippen molar-refractivity contribution < 1.29 is 14.5 Å². The van der Waals surface area contributed by atoms with Gasteiger partial charge in [-0.2, -0.15) is 5.10 Å². The van der Waals surface area contributed by atoms with Gasteiger partial charge in [0.15, 0.2) is 5.71 Å². The van der Waals surface area contributed by atoms with Crippen LogP contribution in [0, 0.1) is 10.1 Å². The third kappa shape index (κ3) is 4.79. The number of benzene rings is 2. The molecule has 0 aliphatic heterocycles. The Morgan fingerprint density at radius 3 is 2.27 bits per heavy atom. The smallest absolute Gasteiger partial charge is 0.359 e. The Hall–Kier alpha value is -3.42. The van der Waals surface area contributed by atoms with Gasteiger partial charge < -0.3 is 9.64 Å². The first-order chi connectivity index (χ1) is 12.4. The first kappa shape index (κ1) is 18.9. The van der Waals surface area contributed by atoms with E-state index in [0.29, 0.717) is 11.3 Å². The van der Waals surface area contributed by atoms with Crippen LogP contribution >= 0.6 is 0 Å². The fourth-order valence-electron chi connectivity index (χ4n) is 2.12. The van der Waals surface area contributed by atoms with E-state index in [-0.39, 0.29) is 18.0 Å². The second-order valence-electron chi connectivity index (χ2n) is 5.54. The van der Waals surface area contributed by atoms with Crippen molar-refractivity contribution in [3.05, 3.63) is 64.2 Å². The molecule has 0 atom stereocenters. The van der Waals surface area contributed by atoms with Crippen LogP contribution in [0.2, 0.25) is 0 Å². The topological polar surface area (TPSA) is 97.1 Å². The fraction of sp³-hybridized carbons (Fsp3) is 0.222. The summed E-state index contributed by atoms with van der Waals surface area (Å²) < 4.78 is 5.07. The molecule has 8 nitrogen and oxygen atoms in total. The molecule has 0 spiro atoms. The summed E-state index contributed by atoms with van der Waals surface area (Å²) in [5.74, 6) is -0.556. The number of hydrogen-bond acceptors (Lipinski definition) is 7. The van der Waals surface area contributed by atoms with E-state index in [9.17, 15) is 14.9 Å². The van der Waals surface area contributed by atoms with E-state index >= 15 is 0 Å². The molecule has 8 heteroatoms. The molecule has 2 aromatic carbocycles. The maximum atomic E-state index is 12.2. The van der Waals surface area contributed by atoms with Gasteiger partial charge in [-0.25, -0.2) is 4.79 Å². The number of nitrogens with zero attached hydrogens (tertiary/aromatic N) is 3. The van der Waals surface area contributed by atoms with Crippen LogP contribution in [0.1, 0.15) is 12.5 Å². The van der Waals surface area contributed by atoms with E-state index in [1.165, 1.54) is 24.3 Å². The number of hydrazone groups is 1. The highest BCUT2D eigenvalue weighted by atomic mass is 16.6. The maximum absolute atomic E-state index is 12.2. The van der Waals surface area contributed by atoms with E-state index in [1.54, 1.807) is 19.1 Å². The second kappa shape index (κ2) is 8.61. The van der Waals surface area contributed by atoms with E-state index in [1.807, 2.05) is 31.1 Å². The number of anilines is 2. The molecule has 0 amide bonds. The fourth-order valence-corrected chi connectivity index (χ4v) is 2.12. The van der Waals surface area contributed by atoms with Crippen LogP contribution in [0.3, 0.4) is 0 Å². The standard InChI is InChI=1S/C18H20N4O4/c1-4-26-18(23)17(13-5-9-15(10-6-13)21(2)3)20-19-14-7-11-16(12-8-14)22(24)25/h5-12,19H,4H2,1-3H3/b20-17+. The Balaban J connectivity index is 2.27. The van der Waals surface area contributed by atoms with Crippen molar-refractivity contribution in [3.63, 3.8) is 0 Å². The van der Waals surface area contributed by atoms with Gasteiger partial charge in [0, 0.05) is 37.5 Å². The molecule has 0 radical (unpaired) electrons. The zero-order chi connectivity index (χ0) is 19.1. The largest absolute Gasteiger partial charge is 0.461 e. The minimum Gasteiger partial charge on any atom is -0.461 e. The molecular weight excluding hydrogens is 336 g/mol. The molecule has 0 fully saturated rings. The number of nitrogens with one attached hydrogen (secondary N) is 1. The van der Waals surface area contributed by atoms with Gasteiger partial charge in [-0.3, -0.25) is 15.5 Å². The Morgan fingerprint density at radius 1 is 1.15 bits per heavy atom. The first-order valence-electron chi connectivity index (χ1n) is 7.95. The van der Waals surface area contributed by atoms with Crippen LogP contribution in [0.15, 0.2) is 53.6 Å². The number of non-ortho nitro benzene ring substituents is 1. The Kier molecular flexibility index (Phi) is 6.26. The van der Waals surface area contributed by atoms with Crippen LogP contribution in [0.4, 0.5) is 17.1 Å². The first-order valence-corrected chi connectivity index (χ1v) is 7.95. The van der Waals surface area contributed by atoms with E-state index in [0.717, 1.165) is 5.69 Å². The van der Waals surface area contributed by atoms with Crippen LogP contribution < -0.4 is 10.3 Å². The lowest BCUT2D eigenvalue weighted by Crippen LogP contribution is -2.20. The van der Waals surface area contributed by atoms with Crippen molar-refractivity contribution in [1.82, 2.24) is 0 Å². The van der Waals surface area contributed by atoms with Crippen LogP contribution in [-0.4, -0.2) is 37.3 Å². The predicted octanol–water partition coefficient (Wildman–Crippen LogP) is 3.04. The number of ether oxygens (including phenoxy) is 1. The molecule has 1 N–H and O–H groups in total. The van der Waals surface area contributed by atoms with Gasteiger partial charge in [0.1, 0.15) is 0 Å². The minimum atomic E-state index is -0.556. The quantitative estimate of drug-likeness (QED) is 0.354. The molecule has 0 saturated heterocycles. The second-order valence-corrected chi connectivity index (χ2v) is 5.54. The van der Waals surface area contributed by atoms with E-state index < -0.39 is 10.9 Å². The number of nitro groups is 1. The van der Waals surface area contributed by atoms with Crippen molar-refractivity contribution >= 4 is 28.7 Å². The zero-order valence-electron chi connectivity index (χ0n) is 14.8. The van der Waals surface area contributed by atoms with Crippen molar-refractivity contribution in [2.45, 2.75) is 6.92 Å². The van der Waals surface area contributed by atoms with Gasteiger partial charge in [-0.05, 0) is 31.2 Å². The number of hydrogen-bond donors (Lipinski definition) is 1. The van der Waals surface area contributed by atoms with Crippen LogP contribution in [0.25, 0.3) is 0 Å². The lowest BCUT2D eigenvalue weighted by molar-refractivity contribution is -0.384. The third-order valence-electron chi connectivity index (χ3n) is 3.50. The molecule has 0 unspecified atom stereocenters. The van der Waals surface area contributed by atoms with Crippen molar-refractivity contribution in [3.8, 4) is 0 Å². The summed E-state index contributed by atoms with van der Waals surface area (Å²) in [6, 6.07) is 13.0. The number of esters is 1. The number of carbonyl (C=O) groups excluding carboxylic acids is 1. The molecule has 0 heterocycles. The highest BCUT2D eigenvalue weighted by Crippen LogP contribution is 2.17. The van der Waals surface area contributed by atoms with Gasteiger partial charge in [0.05, 0.1) is 17.2 Å². The zero-order valence-corrected chi connectivity index (χ0v) is 14.8. The molecule has 0 bridgehead atoms. The summed E-state index contributed by atoms with van der Waals surface area (Å²) in [6.45, 7) is 1.94. The average molecular weight is 356 g/mol. The molecule has 2 aromatic rings. The summed E-state index contributed by atoms with van der Waals surface area (Å²) >= 11 is 0. The lowest BCUT2D eigenvalue weighted by atomic mass is 10.1. The molecule has 0 aliphatic carbocycles. The van der Waals surface area contributed by atoms with Gasteiger partial charge in [0.25, 0.3) is 5.69 Å². The highest BCUT2D eigenvalue weighted by Gasteiger charge is 2.16. The number of nitro benzene ring substituents is 1. The summed E-state index contributed by atoms with van der Waals surface area (Å²) in [7, 11) is 3.84. The van der Waals surface area contributed by atoms with Crippen molar-refractivity contribution in [2.24, 2.45) is 5.10 Å². The molecule has 0 aliphatic rings. The van der Waals surface area contributed by atoms with Crippen molar-refractivity contribution in [2.75, 3.05) is 31.0 Å². The normalized spacial score (nSPS) is 11.0. The third-order valence-corrected chi connectivity index (χ3v) is 3.50. The van der Waals surface area contributed by atoms with Gasteiger partial charge in [-0.1, -0.05) is 12.1 Å². The number of rotatable bonds is 7. The summed E-state index contributed by atoms with van der Waals surface area (Å²) in [4.78, 5) is 24.4. The van der Waals surface area contributed by atoms with Crippen molar-refractivity contribution in [1.29, 1.82) is 0 Å². The monoisotopic (exact) mass is 356 g/mol. The maximum Gasteiger partial charge on any atom is 0.359 e. The van der Waals surface area contributed by atoms with Gasteiger partial charge in [0.2, 0.25) is 0 Å². The molecule has 0 saturated carbocycles.